The van der Waals surface area contributed by atoms with E-state index in [1.54, 1.807) is 14.0 Å². The van der Waals surface area contributed by atoms with E-state index in [2.05, 4.69) is 27.7 Å². The monoisotopic (exact) mass is 660 g/mol. The number of methoxy groups -OCH3 is 1. The van der Waals surface area contributed by atoms with Crippen molar-refractivity contribution in [2.75, 3.05) is 57.9 Å². The third kappa shape index (κ3) is 8.29. The van der Waals surface area contributed by atoms with Crippen molar-refractivity contribution in [3.8, 4) is 0 Å². The van der Waals surface area contributed by atoms with Gasteiger partial charge in [0.1, 0.15) is 5.82 Å². The summed E-state index contributed by atoms with van der Waals surface area (Å²) in [4.78, 5) is 51.0. The number of para-hydroxylation sites is 2. The number of hydrogen-bond donors (Lipinski definition) is 1. The van der Waals surface area contributed by atoms with Crippen molar-refractivity contribution in [2.24, 2.45) is 0 Å². The van der Waals surface area contributed by atoms with Crippen LogP contribution < -0.4 is 4.90 Å². The van der Waals surface area contributed by atoms with Crippen LogP contribution in [0.2, 0.25) is 0 Å². The van der Waals surface area contributed by atoms with Crippen molar-refractivity contribution in [3.63, 3.8) is 0 Å². The summed E-state index contributed by atoms with van der Waals surface area (Å²) in [7, 11) is 1.71. The molecule has 3 amide bonds. The number of fused-ring (bicyclic) bond motifs is 1. The van der Waals surface area contributed by atoms with Gasteiger partial charge in [-0.05, 0) is 76.3 Å². The van der Waals surface area contributed by atoms with Crippen LogP contribution in [0.3, 0.4) is 0 Å². The van der Waals surface area contributed by atoms with Crippen molar-refractivity contribution in [1.82, 2.24) is 24.3 Å². The first kappa shape index (κ1) is 35.2. The van der Waals surface area contributed by atoms with E-state index in [0.29, 0.717) is 39.2 Å². The summed E-state index contributed by atoms with van der Waals surface area (Å²) in [5.74, 6) is 1.18. The van der Waals surface area contributed by atoms with Gasteiger partial charge >= 0.3 is 6.09 Å². The van der Waals surface area contributed by atoms with Crippen molar-refractivity contribution >= 4 is 34.6 Å². The van der Waals surface area contributed by atoms with E-state index in [1.165, 1.54) is 4.90 Å². The second-order valence-electron chi connectivity index (χ2n) is 14.2. The normalized spacial score (nSPS) is 17.9. The number of amides is 3. The van der Waals surface area contributed by atoms with E-state index in [9.17, 15) is 19.5 Å². The summed E-state index contributed by atoms with van der Waals surface area (Å²) in [6.45, 7) is 12.9. The highest BCUT2D eigenvalue weighted by atomic mass is 16.5. The number of aryl methyl sites for hydroxylation is 1. The lowest BCUT2D eigenvalue weighted by Crippen LogP contribution is -2.54. The lowest BCUT2D eigenvalue weighted by Gasteiger charge is -2.41. The number of carbonyl (C=O) groups is 3. The Morgan fingerprint density at radius 3 is 2.35 bits per heavy atom. The van der Waals surface area contributed by atoms with E-state index in [1.807, 2.05) is 60.9 Å². The quantitative estimate of drug-likeness (QED) is 0.281. The minimum absolute atomic E-state index is 0.0257. The van der Waals surface area contributed by atoms with Crippen LogP contribution in [0.1, 0.15) is 70.7 Å². The van der Waals surface area contributed by atoms with Gasteiger partial charge in [-0.2, -0.15) is 0 Å². The number of rotatable bonds is 11. The van der Waals surface area contributed by atoms with E-state index in [4.69, 9.17) is 9.72 Å². The molecule has 48 heavy (non-hydrogen) atoms. The maximum absolute atomic E-state index is 14.1. The Morgan fingerprint density at radius 2 is 1.71 bits per heavy atom. The number of ether oxygens (including phenoxy) is 1. The number of likely N-dealkylation sites (tertiary alicyclic amines) is 1. The molecular formula is C37H52N6O5. The fraction of sp³-hybridized carbons (Fsp3) is 0.568. The van der Waals surface area contributed by atoms with Crippen molar-refractivity contribution in [3.05, 3.63) is 59.9 Å². The van der Waals surface area contributed by atoms with Gasteiger partial charge in [0.05, 0.1) is 11.0 Å². The van der Waals surface area contributed by atoms with Crippen molar-refractivity contribution in [2.45, 2.75) is 83.8 Å². The molecule has 2 aromatic carbocycles. The molecule has 3 heterocycles. The molecule has 0 saturated carbocycles. The van der Waals surface area contributed by atoms with E-state index in [0.717, 1.165) is 67.0 Å². The molecule has 0 aliphatic carbocycles. The molecule has 2 fully saturated rings. The van der Waals surface area contributed by atoms with Crippen molar-refractivity contribution in [1.29, 1.82) is 0 Å². The number of piperazine rings is 1. The van der Waals surface area contributed by atoms with Gasteiger partial charge in [-0.1, -0.05) is 24.3 Å². The summed E-state index contributed by atoms with van der Waals surface area (Å²) < 4.78 is 7.61. The van der Waals surface area contributed by atoms with Crippen LogP contribution in [-0.2, 0) is 27.3 Å². The Morgan fingerprint density at radius 1 is 1.00 bits per heavy atom. The molecule has 5 rings (SSSR count). The lowest BCUT2D eigenvalue weighted by molar-refractivity contribution is -0.134. The zero-order valence-corrected chi connectivity index (χ0v) is 29.2. The zero-order chi connectivity index (χ0) is 34.4. The molecular weight excluding hydrogens is 608 g/mol. The number of piperidine rings is 1. The summed E-state index contributed by atoms with van der Waals surface area (Å²) in [5, 5.41) is 10.4. The Labute approximate surface area is 284 Å². The fourth-order valence-electron chi connectivity index (χ4n) is 7.39. The van der Waals surface area contributed by atoms with Gasteiger partial charge in [0.2, 0.25) is 11.8 Å². The average molecular weight is 661 g/mol. The Hall–Kier alpha value is -4.12. The van der Waals surface area contributed by atoms with Gasteiger partial charge in [-0.25, -0.2) is 9.78 Å². The van der Waals surface area contributed by atoms with E-state index in [-0.39, 0.29) is 24.2 Å². The molecule has 0 spiro atoms. The lowest BCUT2D eigenvalue weighted by atomic mass is 9.93. The van der Waals surface area contributed by atoms with Crippen molar-refractivity contribution < 1.29 is 24.2 Å². The number of aromatic nitrogens is 2. The number of benzene rings is 2. The maximum atomic E-state index is 14.1. The van der Waals surface area contributed by atoms with E-state index >= 15 is 0 Å². The maximum Gasteiger partial charge on any atom is 0.408 e. The number of carbonyl (C=O) groups excluding carboxylic acids is 2. The van der Waals surface area contributed by atoms with Crippen LogP contribution in [0.25, 0.3) is 11.0 Å². The Kier molecular flexibility index (Phi) is 11.3. The predicted octanol–water partition coefficient (Wildman–Crippen LogP) is 5.23. The summed E-state index contributed by atoms with van der Waals surface area (Å²) in [6.07, 6.45) is 2.19. The van der Waals surface area contributed by atoms with Crippen LogP contribution in [0, 0.1) is 0 Å². The van der Waals surface area contributed by atoms with Crippen LogP contribution in [0.15, 0.2) is 48.5 Å². The largest absolute Gasteiger partial charge is 0.465 e. The third-order valence-electron chi connectivity index (χ3n) is 9.76. The molecule has 0 bridgehead atoms. The molecule has 2 aliphatic rings. The first-order chi connectivity index (χ1) is 23.0. The average Bonchev–Trinajstić information content (AvgIpc) is 3.43. The van der Waals surface area contributed by atoms with Gasteiger partial charge in [0.25, 0.3) is 0 Å². The number of carboxylic acid groups (broad SMARTS) is 1. The molecule has 1 aromatic heterocycles. The molecule has 0 unspecified atom stereocenters. The summed E-state index contributed by atoms with van der Waals surface area (Å²) in [5.41, 5.74) is 3.42. The van der Waals surface area contributed by atoms with Gasteiger partial charge in [0.15, 0.2) is 0 Å². The van der Waals surface area contributed by atoms with Gasteiger partial charge in [-0.3, -0.25) is 14.5 Å². The highest BCUT2D eigenvalue weighted by molar-refractivity contribution is 5.79. The molecule has 0 radical (unpaired) electrons. The topological polar surface area (TPSA) is 111 Å². The molecule has 260 valence electrons. The van der Waals surface area contributed by atoms with Crippen LogP contribution in [0.4, 0.5) is 10.5 Å². The minimum atomic E-state index is -1.03. The molecule has 11 heteroatoms. The number of anilines is 1. The summed E-state index contributed by atoms with van der Waals surface area (Å²) in [6, 6.07) is 15.9. The van der Waals surface area contributed by atoms with E-state index < -0.39 is 17.7 Å². The molecule has 2 atom stereocenters. The van der Waals surface area contributed by atoms with Crippen LogP contribution in [0.5, 0.6) is 0 Å². The second kappa shape index (κ2) is 15.4. The molecule has 2 aliphatic heterocycles. The smallest absolute Gasteiger partial charge is 0.408 e. The fourth-order valence-corrected chi connectivity index (χ4v) is 7.39. The molecule has 2 saturated heterocycles. The predicted molar refractivity (Wildman–Crippen MR) is 187 cm³/mol. The number of imidazole rings is 1. The number of nitrogens with zero attached hydrogens (tertiary/aromatic N) is 6. The first-order valence-corrected chi connectivity index (χ1v) is 17.3. The van der Waals surface area contributed by atoms with Gasteiger partial charge in [-0.15, -0.1) is 0 Å². The molecule has 11 nitrogen and oxygen atoms in total. The first-order valence-electron chi connectivity index (χ1n) is 17.3. The molecule has 1 N–H and O–H groups in total. The SMILES string of the molecule is COCCCn1c([C@@H]2CCCN(C(=O)C[C@@H](Cc3ccc(N4CCN(C(C)=O)CC4)cc3)N(C(=O)O)C(C)(C)C)C2)nc2ccccc21. The van der Waals surface area contributed by atoms with Gasteiger partial charge in [0, 0.05) is 96.1 Å². The van der Waals surface area contributed by atoms with Gasteiger partial charge < -0.3 is 29.1 Å². The number of hydrogen-bond acceptors (Lipinski definition) is 6. The third-order valence-corrected chi connectivity index (χ3v) is 9.76. The Bertz CT molecular complexity index is 1560. The summed E-state index contributed by atoms with van der Waals surface area (Å²) >= 11 is 0. The second-order valence-corrected chi connectivity index (χ2v) is 14.2. The molecule has 3 aromatic rings. The zero-order valence-electron chi connectivity index (χ0n) is 29.2. The Balaban J connectivity index is 1.32. The highest BCUT2D eigenvalue weighted by Gasteiger charge is 2.37. The minimum Gasteiger partial charge on any atom is -0.465 e. The highest BCUT2D eigenvalue weighted by Crippen LogP contribution is 2.31. The van der Waals surface area contributed by atoms with Crippen LogP contribution >= 0.6 is 0 Å². The standard InChI is InChI=1S/C37H52N6O5/c1-27(44)39-19-21-40(22-20-39)30-15-13-28(14-16-30)24-31(43(36(46)47)37(2,3)4)25-34(45)41-17-8-10-29(26-41)35-38-32-11-6-7-12-33(32)42(35)18-9-23-48-5/h6-7,11-16,29,31H,8-10,17-26H2,1-5H3,(H,46,47)/t29-,31-/m1/s1. The van der Waals surface area contributed by atoms with Crippen LogP contribution in [-0.4, -0.2) is 112 Å².